The van der Waals surface area contributed by atoms with Crippen molar-refractivity contribution in [3.63, 3.8) is 0 Å². The molecule has 0 bridgehead atoms. The van der Waals surface area contributed by atoms with E-state index in [1.165, 1.54) is 6.07 Å². The van der Waals surface area contributed by atoms with Gasteiger partial charge in [-0.25, -0.2) is 8.78 Å². The third kappa shape index (κ3) is 3.56. The summed E-state index contributed by atoms with van der Waals surface area (Å²) in [6, 6.07) is 10.5. The van der Waals surface area contributed by atoms with Gasteiger partial charge in [-0.05, 0) is 42.8 Å². The summed E-state index contributed by atoms with van der Waals surface area (Å²) in [7, 11) is 1.56. The Kier molecular flexibility index (Phi) is 4.52. The van der Waals surface area contributed by atoms with E-state index in [9.17, 15) is 13.6 Å². The average molecular weight is 290 g/mol. The van der Waals surface area contributed by atoms with Crippen LogP contribution in [0, 0.1) is 11.6 Å². The lowest BCUT2D eigenvalue weighted by atomic mass is 10.1. The van der Waals surface area contributed by atoms with Crippen LogP contribution in [0.15, 0.2) is 42.5 Å². The van der Waals surface area contributed by atoms with Crippen molar-refractivity contribution < 1.29 is 13.6 Å². The fourth-order valence-corrected chi connectivity index (χ4v) is 2.01. The van der Waals surface area contributed by atoms with Crippen LogP contribution >= 0.6 is 0 Å². The van der Waals surface area contributed by atoms with Gasteiger partial charge in [0.05, 0.1) is 0 Å². The topological polar surface area (TPSA) is 41.1 Å². The Morgan fingerprint density at radius 1 is 1.10 bits per heavy atom. The molecule has 2 aromatic rings. The van der Waals surface area contributed by atoms with E-state index in [1.54, 1.807) is 25.2 Å². The van der Waals surface area contributed by atoms with Crippen LogP contribution in [0.4, 0.5) is 14.5 Å². The molecular formula is C16H16F2N2O. The van der Waals surface area contributed by atoms with Crippen LogP contribution in [0.2, 0.25) is 0 Å². The van der Waals surface area contributed by atoms with E-state index < -0.39 is 11.6 Å². The first kappa shape index (κ1) is 15.0. The van der Waals surface area contributed by atoms with Gasteiger partial charge in [0.25, 0.3) is 5.91 Å². The Bertz CT molecular complexity index is 658. The number of carbonyl (C=O) groups is 1. The van der Waals surface area contributed by atoms with E-state index in [-0.39, 0.29) is 11.9 Å². The van der Waals surface area contributed by atoms with Crippen molar-refractivity contribution >= 4 is 11.6 Å². The van der Waals surface area contributed by atoms with Crippen molar-refractivity contribution in [3.8, 4) is 0 Å². The summed E-state index contributed by atoms with van der Waals surface area (Å²) < 4.78 is 26.2. The molecule has 0 saturated carbocycles. The van der Waals surface area contributed by atoms with Crippen molar-refractivity contribution in [1.29, 1.82) is 0 Å². The van der Waals surface area contributed by atoms with E-state index in [1.807, 2.05) is 13.0 Å². The molecule has 21 heavy (non-hydrogen) atoms. The Labute approximate surface area is 122 Å². The van der Waals surface area contributed by atoms with Gasteiger partial charge in [0.2, 0.25) is 0 Å². The second-order valence-corrected chi connectivity index (χ2v) is 4.70. The van der Waals surface area contributed by atoms with E-state index in [2.05, 4.69) is 10.6 Å². The van der Waals surface area contributed by atoms with Gasteiger partial charge in [0.15, 0.2) is 11.6 Å². The van der Waals surface area contributed by atoms with Gasteiger partial charge >= 0.3 is 0 Å². The lowest BCUT2D eigenvalue weighted by Crippen LogP contribution is -2.18. The average Bonchev–Trinajstić information content (AvgIpc) is 2.49. The molecule has 0 spiro atoms. The van der Waals surface area contributed by atoms with Gasteiger partial charge in [0, 0.05) is 24.3 Å². The zero-order valence-electron chi connectivity index (χ0n) is 11.8. The van der Waals surface area contributed by atoms with Crippen LogP contribution in [0.25, 0.3) is 0 Å². The highest BCUT2D eigenvalue weighted by Crippen LogP contribution is 2.21. The molecule has 0 aliphatic carbocycles. The molecule has 1 amide bonds. The summed E-state index contributed by atoms with van der Waals surface area (Å²) in [5.41, 5.74) is 1.88. The fraction of sp³-hybridized carbons (Fsp3) is 0.188. The molecule has 2 rings (SSSR count). The van der Waals surface area contributed by atoms with Crippen molar-refractivity contribution in [2.24, 2.45) is 0 Å². The number of hydrogen-bond acceptors (Lipinski definition) is 2. The smallest absolute Gasteiger partial charge is 0.251 e. The van der Waals surface area contributed by atoms with Crippen LogP contribution in [0.5, 0.6) is 0 Å². The maximum absolute atomic E-state index is 13.2. The van der Waals surface area contributed by atoms with Crippen LogP contribution in [-0.4, -0.2) is 13.0 Å². The highest BCUT2D eigenvalue weighted by molar-refractivity contribution is 5.94. The number of hydrogen-bond donors (Lipinski definition) is 2. The molecule has 5 heteroatoms. The van der Waals surface area contributed by atoms with Gasteiger partial charge < -0.3 is 10.6 Å². The van der Waals surface area contributed by atoms with E-state index in [4.69, 9.17) is 0 Å². The van der Waals surface area contributed by atoms with E-state index in [0.29, 0.717) is 11.1 Å². The Hall–Kier alpha value is -2.43. The molecule has 0 aliphatic rings. The molecular weight excluding hydrogens is 274 g/mol. The molecule has 3 nitrogen and oxygen atoms in total. The zero-order valence-corrected chi connectivity index (χ0v) is 11.8. The first-order valence-electron chi connectivity index (χ1n) is 6.55. The zero-order chi connectivity index (χ0) is 15.4. The van der Waals surface area contributed by atoms with Crippen molar-refractivity contribution in [2.45, 2.75) is 13.0 Å². The SMILES string of the molecule is CNC(=O)c1cccc(NC(C)c2ccc(F)c(F)c2)c1. The molecule has 0 heterocycles. The molecule has 0 aliphatic heterocycles. The fourth-order valence-electron chi connectivity index (χ4n) is 2.01. The lowest BCUT2D eigenvalue weighted by Gasteiger charge is -2.16. The first-order valence-corrected chi connectivity index (χ1v) is 6.55. The van der Waals surface area contributed by atoms with Crippen LogP contribution in [-0.2, 0) is 0 Å². The highest BCUT2D eigenvalue weighted by Gasteiger charge is 2.10. The molecule has 1 unspecified atom stereocenters. The minimum absolute atomic E-state index is 0.181. The van der Waals surface area contributed by atoms with Crippen LogP contribution in [0.3, 0.4) is 0 Å². The Morgan fingerprint density at radius 2 is 1.86 bits per heavy atom. The summed E-state index contributed by atoms with van der Waals surface area (Å²) in [6.07, 6.45) is 0. The summed E-state index contributed by atoms with van der Waals surface area (Å²) in [6.45, 7) is 1.83. The highest BCUT2D eigenvalue weighted by atomic mass is 19.2. The lowest BCUT2D eigenvalue weighted by molar-refractivity contribution is 0.0963. The largest absolute Gasteiger partial charge is 0.378 e. The number of halogens is 2. The molecule has 0 aromatic heterocycles. The Morgan fingerprint density at radius 3 is 2.52 bits per heavy atom. The second kappa shape index (κ2) is 6.35. The standard InChI is InChI=1S/C16H16F2N2O/c1-10(11-6-7-14(17)15(18)9-11)20-13-5-3-4-12(8-13)16(21)19-2/h3-10,20H,1-2H3,(H,19,21). The van der Waals surface area contributed by atoms with Gasteiger partial charge in [-0.1, -0.05) is 12.1 Å². The number of amides is 1. The first-order chi connectivity index (χ1) is 10.0. The second-order valence-electron chi connectivity index (χ2n) is 4.70. The summed E-state index contributed by atoms with van der Waals surface area (Å²) in [5, 5.41) is 5.70. The molecule has 1 atom stereocenters. The van der Waals surface area contributed by atoms with Gasteiger partial charge in [0.1, 0.15) is 0 Å². The normalized spacial score (nSPS) is 11.8. The third-order valence-electron chi connectivity index (χ3n) is 3.18. The number of benzene rings is 2. The number of anilines is 1. The number of rotatable bonds is 4. The maximum Gasteiger partial charge on any atom is 0.251 e. The predicted molar refractivity (Wildman–Crippen MR) is 78.2 cm³/mol. The van der Waals surface area contributed by atoms with Crippen LogP contribution in [0.1, 0.15) is 28.9 Å². The number of carbonyl (C=O) groups excluding carboxylic acids is 1. The number of nitrogens with one attached hydrogen (secondary N) is 2. The molecule has 0 radical (unpaired) electrons. The van der Waals surface area contributed by atoms with Crippen molar-refractivity contribution in [2.75, 3.05) is 12.4 Å². The quantitative estimate of drug-likeness (QED) is 0.905. The van der Waals surface area contributed by atoms with Gasteiger partial charge in [-0.15, -0.1) is 0 Å². The molecule has 0 fully saturated rings. The summed E-state index contributed by atoms with van der Waals surface area (Å²) in [4.78, 5) is 11.6. The maximum atomic E-state index is 13.2. The molecule has 110 valence electrons. The van der Waals surface area contributed by atoms with Crippen molar-refractivity contribution in [3.05, 3.63) is 65.2 Å². The van der Waals surface area contributed by atoms with Crippen LogP contribution < -0.4 is 10.6 Å². The molecule has 0 saturated heterocycles. The summed E-state index contributed by atoms with van der Waals surface area (Å²) in [5.74, 6) is -1.92. The summed E-state index contributed by atoms with van der Waals surface area (Å²) >= 11 is 0. The molecule has 2 N–H and O–H groups in total. The van der Waals surface area contributed by atoms with E-state index in [0.717, 1.165) is 17.8 Å². The van der Waals surface area contributed by atoms with Gasteiger partial charge in [-0.3, -0.25) is 4.79 Å². The Balaban J connectivity index is 2.17. The molecule has 2 aromatic carbocycles. The van der Waals surface area contributed by atoms with E-state index >= 15 is 0 Å². The van der Waals surface area contributed by atoms with Crippen molar-refractivity contribution in [1.82, 2.24) is 5.32 Å². The minimum Gasteiger partial charge on any atom is -0.378 e. The predicted octanol–water partition coefficient (Wildman–Crippen LogP) is 3.50. The third-order valence-corrected chi connectivity index (χ3v) is 3.18. The van der Waals surface area contributed by atoms with Gasteiger partial charge in [-0.2, -0.15) is 0 Å². The monoisotopic (exact) mass is 290 g/mol. The minimum atomic E-state index is -0.875.